The van der Waals surface area contributed by atoms with Gasteiger partial charge in [0.25, 0.3) is 5.91 Å². The van der Waals surface area contributed by atoms with E-state index in [1.54, 1.807) is 42.5 Å². The Morgan fingerprint density at radius 3 is 2.60 bits per heavy atom. The van der Waals surface area contributed by atoms with Crippen LogP contribution in [0.15, 0.2) is 48.5 Å². The van der Waals surface area contributed by atoms with Crippen molar-refractivity contribution in [2.24, 2.45) is 0 Å². The summed E-state index contributed by atoms with van der Waals surface area (Å²) in [5.74, 6) is -0.800. The highest BCUT2D eigenvalue weighted by Crippen LogP contribution is 2.19. The molecule has 0 aromatic heterocycles. The number of amides is 1. The summed E-state index contributed by atoms with van der Waals surface area (Å²) in [6.07, 6.45) is 2.20. The molecule has 1 saturated heterocycles. The van der Waals surface area contributed by atoms with E-state index >= 15 is 0 Å². The van der Waals surface area contributed by atoms with Crippen molar-refractivity contribution < 1.29 is 24.2 Å². The van der Waals surface area contributed by atoms with Crippen molar-refractivity contribution in [1.29, 1.82) is 0 Å². The first-order valence-corrected chi connectivity index (χ1v) is 8.11. The van der Waals surface area contributed by atoms with E-state index in [0.717, 1.165) is 19.4 Å². The normalized spacial score (nSPS) is 16.4. The van der Waals surface area contributed by atoms with Gasteiger partial charge >= 0.3 is 5.97 Å². The molecule has 0 radical (unpaired) electrons. The summed E-state index contributed by atoms with van der Waals surface area (Å²) in [5, 5.41) is 11.8. The zero-order valence-corrected chi connectivity index (χ0v) is 13.6. The van der Waals surface area contributed by atoms with Crippen LogP contribution in [0.3, 0.4) is 0 Å². The van der Waals surface area contributed by atoms with Crippen LogP contribution < -0.4 is 10.1 Å². The van der Waals surface area contributed by atoms with E-state index in [9.17, 15) is 9.59 Å². The van der Waals surface area contributed by atoms with E-state index in [1.165, 1.54) is 6.07 Å². The Morgan fingerprint density at radius 2 is 1.92 bits per heavy atom. The third-order valence-electron chi connectivity index (χ3n) is 3.98. The van der Waals surface area contributed by atoms with Crippen LogP contribution in [-0.2, 0) is 4.74 Å². The summed E-state index contributed by atoms with van der Waals surface area (Å²) in [7, 11) is 0. The average Bonchev–Trinajstić information content (AvgIpc) is 3.14. The number of ether oxygens (including phenoxy) is 2. The Morgan fingerprint density at radius 1 is 1.16 bits per heavy atom. The van der Waals surface area contributed by atoms with Crippen molar-refractivity contribution in [2.75, 3.05) is 18.5 Å². The van der Waals surface area contributed by atoms with Crippen LogP contribution in [0.25, 0.3) is 0 Å². The molecule has 0 aliphatic carbocycles. The number of benzene rings is 2. The molecule has 6 nitrogen and oxygen atoms in total. The van der Waals surface area contributed by atoms with Crippen LogP contribution in [0, 0.1) is 0 Å². The standard InChI is InChI=1S/C19H19NO5/c21-18(20-17-6-2-1-5-16(17)19(22)23)13-7-9-14(10-8-13)25-12-15-4-3-11-24-15/h1-2,5-10,15H,3-4,11-12H2,(H,20,21)(H,22,23)/t15-/m1/s1. The molecule has 2 aromatic carbocycles. The number of carbonyl (C=O) groups excluding carboxylic acids is 1. The maximum absolute atomic E-state index is 12.3. The smallest absolute Gasteiger partial charge is 0.337 e. The number of carboxylic acids is 1. The number of aromatic carboxylic acids is 1. The fourth-order valence-corrected chi connectivity index (χ4v) is 2.64. The molecular weight excluding hydrogens is 322 g/mol. The summed E-state index contributed by atoms with van der Waals surface area (Å²) in [6.45, 7) is 1.28. The van der Waals surface area contributed by atoms with E-state index in [4.69, 9.17) is 14.6 Å². The number of carbonyl (C=O) groups is 2. The zero-order valence-electron chi connectivity index (χ0n) is 13.6. The minimum Gasteiger partial charge on any atom is -0.491 e. The van der Waals surface area contributed by atoms with Gasteiger partial charge in [0.2, 0.25) is 0 Å². The lowest BCUT2D eigenvalue weighted by atomic mass is 10.1. The first kappa shape index (κ1) is 17.0. The van der Waals surface area contributed by atoms with Crippen LogP contribution in [0.4, 0.5) is 5.69 Å². The monoisotopic (exact) mass is 341 g/mol. The fraction of sp³-hybridized carbons (Fsp3) is 0.263. The fourth-order valence-electron chi connectivity index (χ4n) is 2.64. The Labute approximate surface area is 145 Å². The summed E-state index contributed by atoms with van der Waals surface area (Å²) >= 11 is 0. The number of anilines is 1. The van der Waals surface area contributed by atoms with Crippen molar-refractivity contribution in [3.8, 4) is 5.75 Å². The molecule has 1 atom stereocenters. The van der Waals surface area contributed by atoms with Crippen LogP contribution in [-0.4, -0.2) is 36.3 Å². The molecule has 1 amide bonds. The highest BCUT2D eigenvalue weighted by atomic mass is 16.5. The molecule has 1 aliphatic rings. The minimum absolute atomic E-state index is 0.0485. The van der Waals surface area contributed by atoms with Gasteiger partial charge in [-0.15, -0.1) is 0 Å². The molecule has 0 spiro atoms. The molecule has 6 heteroatoms. The van der Waals surface area contributed by atoms with Gasteiger partial charge in [-0.2, -0.15) is 0 Å². The van der Waals surface area contributed by atoms with Gasteiger partial charge in [0.1, 0.15) is 12.4 Å². The maximum Gasteiger partial charge on any atom is 0.337 e. The van der Waals surface area contributed by atoms with Crippen LogP contribution >= 0.6 is 0 Å². The number of nitrogens with one attached hydrogen (secondary N) is 1. The topological polar surface area (TPSA) is 84.9 Å². The van der Waals surface area contributed by atoms with Crippen molar-refractivity contribution in [3.63, 3.8) is 0 Å². The summed E-state index contributed by atoms with van der Waals surface area (Å²) in [4.78, 5) is 23.5. The molecule has 3 rings (SSSR count). The summed E-state index contributed by atoms with van der Waals surface area (Å²) < 4.78 is 11.2. The molecule has 2 aromatic rings. The number of para-hydroxylation sites is 1. The van der Waals surface area contributed by atoms with E-state index < -0.39 is 5.97 Å². The quantitative estimate of drug-likeness (QED) is 0.843. The van der Waals surface area contributed by atoms with Crippen molar-refractivity contribution in [1.82, 2.24) is 0 Å². The number of rotatable bonds is 6. The SMILES string of the molecule is O=C(Nc1ccccc1C(=O)O)c1ccc(OC[C@H]2CCCO2)cc1. The molecule has 0 unspecified atom stereocenters. The van der Waals surface area contributed by atoms with Gasteiger partial charge in [-0.1, -0.05) is 12.1 Å². The Hall–Kier alpha value is -2.86. The third-order valence-corrected chi connectivity index (χ3v) is 3.98. The second-order valence-corrected chi connectivity index (χ2v) is 5.78. The van der Waals surface area contributed by atoms with Crippen LogP contribution in [0.1, 0.15) is 33.6 Å². The lowest BCUT2D eigenvalue weighted by Crippen LogP contribution is -2.16. The molecule has 25 heavy (non-hydrogen) atoms. The van der Waals surface area contributed by atoms with Gasteiger partial charge in [-0.05, 0) is 49.2 Å². The lowest BCUT2D eigenvalue weighted by Gasteiger charge is -2.12. The van der Waals surface area contributed by atoms with Crippen LogP contribution in [0.5, 0.6) is 5.75 Å². The van der Waals surface area contributed by atoms with E-state index in [1.807, 2.05) is 0 Å². The largest absolute Gasteiger partial charge is 0.491 e. The molecule has 1 aliphatic heterocycles. The first-order valence-electron chi connectivity index (χ1n) is 8.11. The van der Waals surface area contributed by atoms with Crippen molar-refractivity contribution in [3.05, 3.63) is 59.7 Å². The van der Waals surface area contributed by atoms with E-state index in [2.05, 4.69) is 5.32 Å². The minimum atomic E-state index is -1.09. The van der Waals surface area contributed by atoms with Crippen molar-refractivity contribution >= 4 is 17.6 Å². The van der Waals surface area contributed by atoms with Gasteiger partial charge < -0.3 is 19.9 Å². The maximum atomic E-state index is 12.3. The third kappa shape index (κ3) is 4.36. The van der Waals surface area contributed by atoms with Gasteiger partial charge in [-0.3, -0.25) is 4.79 Å². The van der Waals surface area contributed by atoms with Gasteiger partial charge in [-0.25, -0.2) is 4.79 Å². The summed E-state index contributed by atoms with van der Waals surface area (Å²) in [6, 6.07) is 13.0. The van der Waals surface area contributed by atoms with Gasteiger partial charge in [0, 0.05) is 12.2 Å². The number of carboxylic acid groups (broad SMARTS) is 1. The predicted octanol–water partition coefficient (Wildman–Crippen LogP) is 3.19. The predicted molar refractivity (Wildman–Crippen MR) is 92.3 cm³/mol. The second-order valence-electron chi connectivity index (χ2n) is 5.78. The van der Waals surface area contributed by atoms with Crippen molar-refractivity contribution in [2.45, 2.75) is 18.9 Å². The van der Waals surface area contributed by atoms with Gasteiger partial charge in [0.15, 0.2) is 0 Å². The molecule has 0 saturated carbocycles. The average molecular weight is 341 g/mol. The first-order chi connectivity index (χ1) is 12.1. The molecular formula is C19H19NO5. The summed E-state index contributed by atoms with van der Waals surface area (Å²) in [5.41, 5.74) is 0.732. The molecule has 1 fully saturated rings. The Bertz CT molecular complexity index is 751. The van der Waals surface area contributed by atoms with E-state index in [-0.39, 0.29) is 23.3 Å². The second kappa shape index (κ2) is 7.81. The molecule has 130 valence electrons. The number of hydrogen-bond donors (Lipinski definition) is 2. The Kier molecular flexibility index (Phi) is 5.30. The molecule has 0 bridgehead atoms. The van der Waals surface area contributed by atoms with Gasteiger partial charge in [0.05, 0.1) is 17.4 Å². The highest BCUT2D eigenvalue weighted by Gasteiger charge is 2.16. The highest BCUT2D eigenvalue weighted by molar-refractivity contribution is 6.07. The number of hydrogen-bond acceptors (Lipinski definition) is 4. The Balaban J connectivity index is 1.62. The molecule has 1 heterocycles. The zero-order chi connectivity index (χ0) is 17.6. The van der Waals surface area contributed by atoms with Crippen LogP contribution in [0.2, 0.25) is 0 Å². The van der Waals surface area contributed by atoms with E-state index in [0.29, 0.717) is 17.9 Å². The lowest BCUT2D eigenvalue weighted by molar-refractivity contribution is 0.0679. The molecule has 2 N–H and O–H groups in total.